The van der Waals surface area contributed by atoms with Crippen molar-refractivity contribution in [2.75, 3.05) is 17.6 Å². The van der Waals surface area contributed by atoms with Crippen molar-refractivity contribution >= 4 is 28.6 Å². The molecule has 0 spiro atoms. The molecule has 0 unspecified atom stereocenters. The van der Waals surface area contributed by atoms with Crippen LogP contribution in [0.2, 0.25) is 0 Å². The van der Waals surface area contributed by atoms with E-state index in [2.05, 4.69) is 29.2 Å². The topological polar surface area (TPSA) is 35.5 Å². The summed E-state index contributed by atoms with van der Waals surface area (Å²) in [4.78, 5) is 11.6. The molecule has 1 rings (SSSR count). The fraction of sp³-hybridized carbons (Fsp3) is 0.400. The van der Waals surface area contributed by atoms with E-state index in [9.17, 15) is 4.79 Å². The van der Waals surface area contributed by atoms with Gasteiger partial charge in [-0.2, -0.15) is 0 Å². The van der Waals surface area contributed by atoms with Crippen LogP contribution >= 0.6 is 22.6 Å². The van der Waals surface area contributed by atoms with Crippen molar-refractivity contribution in [1.82, 2.24) is 0 Å². The largest absolute Gasteiger partial charge is 0.494 e. The predicted molar refractivity (Wildman–Crippen MR) is 85.2 cm³/mol. The zero-order chi connectivity index (χ0) is 13.9. The lowest BCUT2D eigenvalue weighted by Crippen LogP contribution is -2.05. The third-order valence-electron chi connectivity index (χ3n) is 2.45. The molecule has 0 aliphatic carbocycles. The van der Waals surface area contributed by atoms with Gasteiger partial charge in [0.2, 0.25) is 0 Å². The van der Waals surface area contributed by atoms with Gasteiger partial charge in [-0.3, -0.25) is 0 Å². The number of carbonyl (C=O) groups is 1. The molecule has 0 aliphatic rings. The van der Waals surface area contributed by atoms with E-state index in [0.29, 0.717) is 17.9 Å². The van der Waals surface area contributed by atoms with Crippen LogP contribution in [0.25, 0.3) is 0 Å². The number of halogens is 1. The van der Waals surface area contributed by atoms with Crippen molar-refractivity contribution in [3.05, 3.63) is 42.5 Å². The van der Waals surface area contributed by atoms with Gasteiger partial charge >= 0.3 is 5.97 Å². The first-order chi connectivity index (χ1) is 9.27. The van der Waals surface area contributed by atoms with Crippen molar-refractivity contribution in [2.45, 2.75) is 19.3 Å². The lowest BCUT2D eigenvalue weighted by atomic mass is 10.2. The molecule has 1 aromatic rings. The van der Waals surface area contributed by atoms with Gasteiger partial charge in [0.15, 0.2) is 0 Å². The van der Waals surface area contributed by atoms with Crippen LogP contribution in [-0.4, -0.2) is 23.6 Å². The van der Waals surface area contributed by atoms with Gasteiger partial charge in [-0.25, -0.2) is 4.79 Å². The number of hydrogen-bond acceptors (Lipinski definition) is 3. The van der Waals surface area contributed by atoms with E-state index in [1.54, 1.807) is 24.3 Å². The van der Waals surface area contributed by atoms with Gasteiger partial charge < -0.3 is 9.47 Å². The van der Waals surface area contributed by atoms with E-state index in [4.69, 9.17) is 9.47 Å². The van der Waals surface area contributed by atoms with Crippen molar-refractivity contribution in [1.29, 1.82) is 0 Å². The molecule has 0 aliphatic heterocycles. The number of hydrogen-bond donors (Lipinski definition) is 0. The lowest BCUT2D eigenvalue weighted by Gasteiger charge is -2.07. The van der Waals surface area contributed by atoms with Gasteiger partial charge in [-0.15, -0.1) is 0 Å². The Balaban J connectivity index is 2.43. The number of rotatable bonds is 9. The highest BCUT2D eigenvalue weighted by molar-refractivity contribution is 14.1. The summed E-state index contributed by atoms with van der Waals surface area (Å²) in [5, 5.41) is 0. The van der Waals surface area contributed by atoms with Crippen molar-refractivity contribution < 1.29 is 14.3 Å². The molecule has 0 fully saturated rings. The maximum Gasteiger partial charge on any atom is 0.338 e. The molecule has 0 radical (unpaired) electrons. The van der Waals surface area contributed by atoms with E-state index >= 15 is 0 Å². The second kappa shape index (κ2) is 9.83. The van der Waals surface area contributed by atoms with Crippen molar-refractivity contribution in [3.8, 4) is 5.75 Å². The Hall–Kier alpha value is -1.04. The number of esters is 1. The molecule has 0 saturated carbocycles. The van der Waals surface area contributed by atoms with Crippen LogP contribution < -0.4 is 4.74 Å². The molecule has 0 bridgehead atoms. The standard InChI is InChI=1S/C15H19IO3/c1-2-10-19-15(17)13-7-6-8-14(12-13)18-11-5-3-4-9-16/h2,6-8,12H,1,3-5,9-11H2. The number of carbonyl (C=O) groups excluding carboxylic acids is 1. The second-order valence-electron chi connectivity index (χ2n) is 4.01. The summed E-state index contributed by atoms with van der Waals surface area (Å²) >= 11 is 2.37. The number of alkyl halides is 1. The molecule has 3 nitrogen and oxygen atoms in total. The Morgan fingerprint density at radius 3 is 2.89 bits per heavy atom. The molecular weight excluding hydrogens is 355 g/mol. The molecule has 104 valence electrons. The first kappa shape index (κ1) is 16.0. The summed E-state index contributed by atoms with van der Waals surface area (Å²) in [5.41, 5.74) is 0.506. The smallest absolute Gasteiger partial charge is 0.338 e. The Kier molecular flexibility index (Phi) is 8.29. The zero-order valence-corrected chi connectivity index (χ0v) is 13.1. The quantitative estimate of drug-likeness (QED) is 0.215. The van der Waals surface area contributed by atoms with Gasteiger partial charge in [0, 0.05) is 0 Å². The van der Waals surface area contributed by atoms with Crippen LogP contribution in [0.1, 0.15) is 29.6 Å². The minimum absolute atomic E-state index is 0.222. The maximum atomic E-state index is 11.6. The Bertz CT molecular complexity index is 404. The normalized spacial score (nSPS) is 9.95. The van der Waals surface area contributed by atoms with Crippen molar-refractivity contribution in [3.63, 3.8) is 0 Å². The minimum Gasteiger partial charge on any atom is -0.494 e. The van der Waals surface area contributed by atoms with Gasteiger partial charge in [-0.05, 0) is 41.9 Å². The van der Waals surface area contributed by atoms with E-state index in [1.807, 2.05) is 6.07 Å². The first-order valence-electron chi connectivity index (χ1n) is 6.34. The number of unbranched alkanes of at least 4 members (excludes halogenated alkanes) is 2. The van der Waals surface area contributed by atoms with E-state index in [1.165, 1.54) is 17.3 Å². The average molecular weight is 374 g/mol. The van der Waals surface area contributed by atoms with E-state index in [-0.39, 0.29) is 12.6 Å². The number of benzene rings is 1. The Morgan fingerprint density at radius 1 is 1.32 bits per heavy atom. The summed E-state index contributed by atoms with van der Waals surface area (Å²) < 4.78 is 11.8. The third-order valence-corrected chi connectivity index (χ3v) is 3.21. The van der Waals surface area contributed by atoms with Crippen LogP contribution in [0.3, 0.4) is 0 Å². The van der Waals surface area contributed by atoms with E-state index < -0.39 is 0 Å². The molecule has 1 aromatic carbocycles. The monoisotopic (exact) mass is 374 g/mol. The highest BCUT2D eigenvalue weighted by Gasteiger charge is 2.07. The third kappa shape index (κ3) is 6.61. The average Bonchev–Trinajstić information content (AvgIpc) is 2.45. The Morgan fingerprint density at radius 2 is 2.16 bits per heavy atom. The predicted octanol–water partition coefficient (Wildman–Crippen LogP) is 4.01. The molecule has 0 heterocycles. The summed E-state index contributed by atoms with van der Waals surface area (Å²) in [6.07, 6.45) is 4.97. The molecular formula is C15H19IO3. The molecule has 0 aromatic heterocycles. The summed E-state index contributed by atoms with van der Waals surface area (Å²) in [6.45, 7) is 4.41. The van der Waals surface area contributed by atoms with Crippen molar-refractivity contribution in [2.24, 2.45) is 0 Å². The molecule has 0 saturated heterocycles. The highest BCUT2D eigenvalue weighted by Crippen LogP contribution is 2.15. The zero-order valence-electron chi connectivity index (χ0n) is 10.9. The first-order valence-corrected chi connectivity index (χ1v) is 7.87. The van der Waals surface area contributed by atoms with Crippen LogP contribution in [0.5, 0.6) is 5.75 Å². The van der Waals surface area contributed by atoms with Gasteiger partial charge in [0.05, 0.1) is 12.2 Å². The van der Waals surface area contributed by atoms with Crippen LogP contribution in [-0.2, 0) is 4.74 Å². The second-order valence-corrected chi connectivity index (χ2v) is 5.09. The van der Waals surface area contributed by atoms with Crippen LogP contribution in [0.15, 0.2) is 36.9 Å². The maximum absolute atomic E-state index is 11.6. The Labute approximate surface area is 128 Å². The van der Waals surface area contributed by atoms with Gasteiger partial charge in [0.1, 0.15) is 12.4 Å². The summed E-state index contributed by atoms with van der Waals surface area (Å²) in [5.74, 6) is 0.359. The van der Waals surface area contributed by atoms with Gasteiger partial charge in [-0.1, -0.05) is 41.3 Å². The fourth-order valence-corrected chi connectivity index (χ4v) is 2.03. The van der Waals surface area contributed by atoms with E-state index in [0.717, 1.165) is 6.42 Å². The fourth-order valence-electron chi connectivity index (χ4n) is 1.49. The lowest BCUT2D eigenvalue weighted by molar-refractivity contribution is 0.0549. The van der Waals surface area contributed by atoms with Gasteiger partial charge in [0.25, 0.3) is 0 Å². The molecule has 0 amide bonds. The number of ether oxygens (including phenoxy) is 2. The summed E-state index contributed by atoms with van der Waals surface area (Å²) in [6, 6.07) is 7.07. The summed E-state index contributed by atoms with van der Waals surface area (Å²) in [7, 11) is 0. The molecule has 4 heteroatoms. The van der Waals surface area contributed by atoms with Crippen LogP contribution in [0.4, 0.5) is 0 Å². The molecule has 0 atom stereocenters. The SMILES string of the molecule is C=CCOC(=O)c1cccc(OCCCCCI)c1. The highest BCUT2D eigenvalue weighted by atomic mass is 127. The minimum atomic E-state index is -0.352. The van der Waals surface area contributed by atoms with Crippen LogP contribution in [0, 0.1) is 0 Å². The molecule has 0 N–H and O–H groups in total. The molecule has 19 heavy (non-hydrogen) atoms.